The lowest BCUT2D eigenvalue weighted by Crippen LogP contribution is -2.58. The van der Waals surface area contributed by atoms with E-state index in [1.807, 2.05) is 0 Å². The van der Waals surface area contributed by atoms with Gasteiger partial charge in [0.15, 0.2) is 0 Å². The van der Waals surface area contributed by atoms with Crippen LogP contribution in [0.3, 0.4) is 0 Å². The average Bonchev–Trinajstić information content (AvgIpc) is 2.34. The summed E-state index contributed by atoms with van der Waals surface area (Å²) in [7, 11) is 0. The summed E-state index contributed by atoms with van der Waals surface area (Å²) in [4.78, 5) is 25.6. The highest BCUT2D eigenvalue weighted by molar-refractivity contribution is 5.87. The molecule has 108 valence electrons. The van der Waals surface area contributed by atoms with E-state index < -0.39 is 11.5 Å². The lowest BCUT2D eigenvalue weighted by atomic mass is 9.66. The van der Waals surface area contributed by atoms with Crippen molar-refractivity contribution in [3.8, 4) is 0 Å². The molecule has 2 fully saturated rings. The maximum absolute atomic E-state index is 12.5. The Hall–Kier alpha value is -1.10. The monoisotopic (exact) mass is 268 g/mol. The molecule has 1 aliphatic heterocycles. The molecule has 1 saturated carbocycles. The molecule has 1 unspecified atom stereocenters. The minimum absolute atomic E-state index is 0.0326. The molecule has 0 aromatic heterocycles. The molecular formula is C14H24N2O3. The van der Waals surface area contributed by atoms with E-state index in [2.05, 4.69) is 0 Å². The molecule has 0 aromatic rings. The van der Waals surface area contributed by atoms with E-state index in [1.54, 1.807) is 11.8 Å². The zero-order valence-electron chi connectivity index (χ0n) is 11.7. The van der Waals surface area contributed by atoms with E-state index in [0.29, 0.717) is 25.9 Å². The fourth-order valence-electron chi connectivity index (χ4n) is 3.29. The highest BCUT2D eigenvalue weighted by Gasteiger charge is 2.46. The number of hydrogen-bond donors (Lipinski definition) is 2. The first kappa shape index (κ1) is 14.3. The highest BCUT2D eigenvalue weighted by atomic mass is 16.4. The van der Waals surface area contributed by atoms with Crippen LogP contribution < -0.4 is 5.73 Å². The van der Waals surface area contributed by atoms with Gasteiger partial charge in [-0.1, -0.05) is 6.42 Å². The normalized spacial score (nSPS) is 29.7. The first-order valence-electron chi connectivity index (χ1n) is 7.17. The van der Waals surface area contributed by atoms with Crippen molar-refractivity contribution < 1.29 is 14.7 Å². The minimum atomic E-state index is -1.03. The second-order valence-corrected chi connectivity index (χ2v) is 6.32. The average molecular weight is 268 g/mol. The Morgan fingerprint density at radius 1 is 1.21 bits per heavy atom. The maximum atomic E-state index is 12.5. The summed E-state index contributed by atoms with van der Waals surface area (Å²) in [6, 6.07) is 0. The molecule has 5 nitrogen and oxygen atoms in total. The molecule has 0 bridgehead atoms. The Bertz CT molecular complexity index is 373. The summed E-state index contributed by atoms with van der Waals surface area (Å²) >= 11 is 0. The number of amides is 1. The van der Waals surface area contributed by atoms with Crippen LogP contribution in [0.5, 0.6) is 0 Å². The molecule has 3 N–H and O–H groups in total. The predicted molar refractivity (Wildman–Crippen MR) is 71.6 cm³/mol. The summed E-state index contributed by atoms with van der Waals surface area (Å²) in [6.07, 6.45) is 5.83. The van der Waals surface area contributed by atoms with Crippen LogP contribution in [0.15, 0.2) is 0 Å². The van der Waals surface area contributed by atoms with Gasteiger partial charge in [-0.2, -0.15) is 0 Å². The molecule has 2 rings (SSSR count). The zero-order chi connectivity index (χ0) is 14.1. The summed E-state index contributed by atoms with van der Waals surface area (Å²) in [5, 5.41) is 9.42. The fraction of sp³-hybridized carbons (Fsp3) is 0.857. The Kier molecular flexibility index (Phi) is 3.85. The van der Waals surface area contributed by atoms with Gasteiger partial charge in [-0.05, 0) is 51.0 Å². The summed E-state index contributed by atoms with van der Waals surface area (Å²) < 4.78 is 0. The quantitative estimate of drug-likeness (QED) is 0.806. The van der Waals surface area contributed by atoms with Crippen LogP contribution in [0.1, 0.15) is 51.9 Å². The van der Waals surface area contributed by atoms with E-state index >= 15 is 0 Å². The van der Waals surface area contributed by atoms with Crippen LogP contribution in [0.4, 0.5) is 0 Å². The van der Waals surface area contributed by atoms with Gasteiger partial charge in [0.05, 0.1) is 0 Å². The van der Waals surface area contributed by atoms with Crippen molar-refractivity contribution in [2.75, 3.05) is 13.1 Å². The predicted octanol–water partition coefficient (Wildman–Crippen LogP) is 1.36. The highest BCUT2D eigenvalue weighted by Crippen LogP contribution is 2.44. The van der Waals surface area contributed by atoms with Gasteiger partial charge in [0, 0.05) is 13.0 Å². The van der Waals surface area contributed by atoms with Crippen molar-refractivity contribution in [1.29, 1.82) is 0 Å². The number of hydrogen-bond acceptors (Lipinski definition) is 3. The van der Waals surface area contributed by atoms with E-state index in [4.69, 9.17) is 5.73 Å². The lowest BCUT2D eigenvalue weighted by molar-refractivity contribution is -0.162. The molecular weight excluding hydrogens is 244 g/mol. The van der Waals surface area contributed by atoms with Gasteiger partial charge in [0.25, 0.3) is 0 Å². The molecule has 1 atom stereocenters. The number of nitrogens with zero attached hydrogens (tertiary/aromatic N) is 1. The summed E-state index contributed by atoms with van der Waals surface area (Å²) in [6.45, 7) is 2.75. The fourth-order valence-corrected chi connectivity index (χ4v) is 3.29. The first-order valence-corrected chi connectivity index (χ1v) is 7.17. The third-order valence-corrected chi connectivity index (χ3v) is 5.03. The van der Waals surface area contributed by atoms with Crippen LogP contribution >= 0.6 is 0 Å². The molecule has 5 heteroatoms. The minimum Gasteiger partial charge on any atom is -0.480 e. The van der Waals surface area contributed by atoms with Gasteiger partial charge < -0.3 is 15.7 Å². The topological polar surface area (TPSA) is 83.6 Å². The van der Waals surface area contributed by atoms with E-state index in [0.717, 1.165) is 32.1 Å². The second kappa shape index (κ2) is 5.12. The smallest absolute Gasteiger partial charge is 0.329 e. The second-order valence-electron chi connectivity index (χ2n) is 6.32. The number of piperidine rings is 1. The van der Waals surface area contributed by atoms with Gasteiger partial charge in [-0.25, -0.2) is 4.79 Å². The zero-order valence-corrected chi connectivity index (χ0v) is 11.7. The maximum Gasteiger partial charge on any atom is 0.329 e. The summed E-state index contributed by atoms with van der Waals surface area (Å²) in [5.41, 5.74) is 4.69. The van der Waals surface area contributed by atoms with Crippen LogP contribution in [0.25, 0.3) is 0 Å². The molecule has 1 heterocycles. The molecule has 19 heavy (non-hydrogen) atoms. The van der Waals surface area contributed by atoms with Gasteiger partial charge in [-0.3, -0.25) is 4.79 Å². The number of nitrogens with two attached hydrogens (primary N) is 1. The van der Waals surface area contributed by atoms with E-state index in [1.165, 1.54) is 0 Å². The van der Waals surface area contributed by atoms with Gasteiger partial charge in [0.2, 0.25) is 5.91 Å². The largest absolute Gasteiger partial charge is 0.480 e. The standard InChI is InChI=1S/C14H24N2O3/c1-13(12(18)19)5-2-3-8-16(13)11(17)9-14(10-15)6-4-7-14/h2-10,15H2,1H3,(H,18,19). The van der Waals surface area contributed by atoms with Crippen LogP contribution in [-0.2, 0) is 9.59 Å². The molecule has 0 radical (unpaired) electrons. The Morgan fingerprint density at radius 3 is 2.37 bits per heavy atom. The van der Waals surface area contributed by atoms with E-state index in [9.17, 15) is 14.7 Å². The van der Waals surface area contributed by atoms with Gasteiger partial charge in [-0.15, -0.1) is 0 Å². The number of carboxylic acids is 1. The number of rotatable bonds is 4. The third kappa shape index (κ3) is 2.48. The van der Waals surface area contributed by atoms with Crippen molar-refractivity contribution in [2.24, 2.45) is 11.1 Å². The molecule has 0 aromatic carbocycles. The van der Waals surface area contributed by atoms with Gasteiger partial charge in [0.1, 0.15) is 5.54 Å². The van der Waals surface area contributed by atoms with Crippen LogP contribution in [-0.4, -0.2) is 40.5 Å². The number of likely N-dealkylation sites (tertiary alicyclic amines) is 1. The van der Waals surface area contributed by atoms with Crippen LogP contribution in [0.2, 0.25) is 0 Å². The third-order valence-electron chi connectivity index (χ3n) is 5.03. The van der Waals surface area contributed by atoms with Crippen molar-refractivity contribution in [3.05, 3.63) is 0 Å². The Labute approximate surface area is 114 Å². The molecule has 1 aliphatic carbocycles. The lowest BCUT2D eigenvalue weighted by Gasteiger charge is -2.46. The molecule has 2 aliphatic rings. The Balaban J connectivity index is 2.10. The molecule has 1 saturated heterocycles. The van der Waals surface area contributed by atoms with Crippen molar-refractivity contribution >= 4 is 11.9 Å². The van der Waals surface area contributed by atoms with Crippen molar-refractivity contribution in [1.82, 2.24) is 4.90 Å². The molecule has 0 spiro atoms. The molecule has 1 amide bonds. The van der Waals surface area contributed by atoms with Gasteiger partial charge >= 0.3 is 5.97 Å². The van der Waals surface area contributed by atoms with E-state index in [-0.39, 0.29) is 11.3 Å². The number of carboxylic acid groups (broad SMARTS) is 1. The number of carbonyl (C=O) groups excluding carboxylic acids is 1. The number of carbonyl (C=O) groups is 2. The number of aliphatic carboxylic acids is 1. The SMILES string of the molecule is CC1(C(=O)O)CCCCN1C(=O)CC1(CN)CCC1. The Morgan fingerprint density at radius 2 is 1.89 bits per heavy atom. The van der Waals surface area contributed by atoms with Crippen LogP contribution in [0, 0.1) is 5.41 Å². The van der Waals surface area contributed by atoms with Crippen molar-refractivity contribution in [3.63, 3.8) is 0 Å². The summed E-state index contributed by atoms with van der Waals surface area (Å²) in [5.74, 6) is -0.925. The first-order chi connectivity index (χ1) is 8.93. The van der Waals surface area contributed by atoms with Crippen molar-refractivity contribution in [2.45, 2.75) is 57.4 Å².